The first kappa shape index (κ1) is 12.9. The summed E-state index contributed by atoms with van der Waals surface area (Å²) in [6.07, 6.45) is 7.31. The molecule has 0 aromatic heterocycles. The molecule has 3 N–H and O–H groups in total. The van der Waals surface area contributed by atoms with Crippen molar-refractivity contribution in [2.75, 3.05) is 19.7 Å². The van der Waals surface area contributed by atoms with Gasteiger partial charge in [-0.15, -0.1) is 0 Å². The van der Waals surface area contributed by atoms with E-state index in [-0.39, 0.29) is 12.6 Å². The second-order valence-electron chi connectivity index (χ2n) is 4.71. The summed E-state index contributed by atoms with van der Waals surface area (Å²) in [5.41, 5.74) is 5.97. The van der Waals surface area contributed by atoms with Crippen molar-refractivity contribution in [1.29, 1.82) is 0 Å². The van der Waals surface area contributed by atoms with E-state index in [9.17, 15) is 0 Å². The van der Waals surface area contributed by atoms with Crippen LogP contribution in [-0.2, 0) is 0 Å². The molecule has 0 saturated carbocycles. The molecule has 3 nitrogen and oxygen atoms in total. The van der Waals surface area contributed by atoms with E-state index in [1.807, 2.05) is 0 Å². The van der Waals surface area contributed by atoms with Gasteiger partial charge in [0, 0.05) is 25.2 Å². The fourth-order valence-electron chi connectivity index (χ4n) is 2.52. The van der Waals surface area contributed by atoms with Crippen molar-refractivity contribution in [1.82, 2.24) is 4.90 Å². The minimum Gasteiger partial charge on any atom is -0.396 e. The fraction of sp³-hybridized carbons (Fsp3) is 1.00. The van der Waals surface area contributed by atoms with Crippen LogP contribution in [0.5, 0.6) is 0 Å². The van der Waals surface area contributed by atoms with Crippen LogP contribution in [0.15, 0.2) is 0 Å². The zero-order valence-electron chi connectivity index (χ0n) is 9.99. The van der Waals surface area contributed by atoms with Gasteiger partial charge in [0.15, 0.2) is 0 Å². The van der Waals surface area contributed by atoms with Crippen LogP contribution in [0, 0.1) is 0 Å². The summed E-state index contributed by atoms with van der Waals surface area (Å²) in [7, 11) is 0. The third kappa shape index (κ3) is 4.49. The van der Waals surface area contributed by atoms with Crippen LogP contribution in [0.1, 0.15) is 45.4 Å². The second kappa shape index (κ2) is 7.20. The fourth-order valence-corrected chi connectivity index (χ4v) is 2.52. The number of hydrogen-bond acceptors (Lipinski definition) is 3. The van der Waals surface area contributed by atoms with Crippen molar-refractivity contribution in [2.24, 2.45) is 5.73 Å². The van der Waals surface area contributed by atoms with Crippen LogP contribution >= 0.6 is 0 Å². The first-order chi connectivity index (χ1) is 7.27. The number of rotatable bonds is 6. The summed E-state index contributed by atoms with van der Waals surface area (Å²) in [5.74, 6) is 0. The molecule has 0 spiro atoms. The Hall–Kier alpha value is -0.120. The molecule has 1 heterocycles. The highest BCUT2D eigenvalue weighted by Gasteiger charge is 2.22. The average molecular weight is 214 g/mol. The molecule has 0 radical (unpaired) electrons. The van der Waals surface area contributed by atoms with Crippen molar-refractivity contribution >= 4 is 0 Å². The van der Waals surface area contributed by atoms with E-state index >= 15 is 0 Å². The molecule has 3 heteroatoms. The lowest BCUT2D eigenvalue weighted by Crippen LogP contribution is -2.46. The third-order valence-electron chi connectivity index (χ3n) is 3.34. The molecular weight excluding hydrogens is 188 g/mol. The lowest BCUT2D eigenvalue weighted by molar-refractivity contribution is 0.125. The molecule has 90 valence electrons. The first-order valence-corrected chi connectivity index (χ1v) is 6.38. The van der Waals surface area contributed by atoms with E-state index in [1.165, 1.54) is 38.6 Å². The predicted molar refractivity (Wildman–Crippen MR) is 63.8 cm³/mol. The largest absolute Gasteiger partial charge is 0.396 e. The van der Waals surface area contributed by atoms with Gasteiger partial charge in [-0.2, -0.15) is 0 Å². The van der Waals surface area contributed by atoms with Gasteiger partial charge in [-0.1, -0.05) is 19.8 Å². The van der Waals surface area contributed by atoms with E-state index in [2.05, 4.69) is 11.8 Å². The summed E-state index contributed by atoms with van der Waals surface area (Å²) in [4.78, 5) is 2.54. The number of nitrogens with two attached hydrogens (primary N) is 1. The van der Waals surface area contributed by atoms with Gasteiger partial charge in [-0.3, -0.25) is 4.90 Å². The lowest BCUT2D eigenvalue weighted by atomic mass is 9.97. The van der Waals surface area contributed by atoms with Gasteiger partial charge in [0.1, 0.15) is 0 Å². The Morgan fingerprint density at radius 3 is 2.93 bits per heavy atom. The molecule has 0 amide bonds. The second-order valence-corrected chi connectivity index (χ2v) is 4.71. The van der Waals surface area contributed by atoms with E-state index in [1.54, 1.807) is 0 Å². The maximum Gasteiger partial charge on any atom is 0.0446 e. The van der Waals surface area contributed by atoms with E-state index in [0.717, 1.165) is 19.0 Å². The zero-order chi connectivity index (χ0) is 11.1. The topological polar surface area (TPSA) is 49.5 Å². The van der Waals surface area contributed by atoms with Crippen LogP contribution in [0.2, 0.25) is 0 Å². The Morgan fingerprint density at radius 1 is 1.47 bits per heavy atom. The highest BCUT2D eigenvalue weighted by atomic mass is 16.3. The minimum atomic E-state index is 0.146. The van der Waals surface area contributed by atoms with E-state index < -0.39 is 0 Å². The van der Waals surface area contributed by atoms with Crippen molar-refractivity contribution in [3.05, 3.63) is 0 Å². The molecular formula is C12H26N2O. The molecule has 0 aromatic carbocycles. The van der Waals surface area contributed by atoms with E-state index in [0.29, 0.717) is 0 Å². The van der Waals surface area contributed by atoms with E-state index in [4.69, 9.17) is 10.8 Å². The van der Waals surface area contributed by atoms with Crippen LogP contribution < -0.4 is 5.73 Å². The molecule has 1 rings (SSSR count). The summed E-state index contributed by atoms with van der Waals surface area (Å²) < 4.78 is 0. The highest BCUT2D eigenvalue weighted by molar-refractivity contribution is 4.79. The number of hydrogen-bond donors (Lipinski definition) is 2. The average Bonchev–Trinajstić information content (AvgIpc) is 2.21. The molecule has 1 aliphatic heterocycles. The number of likely N-dealkylation sites (tertiary alicyclic amines) is 1. The number of aliphatic hydroxyl groups excluding tert-OH is 1. The highest BCUT2D eigenvalue weighted by Crippen LogP contribution is 2.20. The molecule has 0 aromatic rings. The molecule has 1 fully saturated rings. The summed E-state index contributed by atoms with van der Waals surface area (Å²) >= 11 is 0. The van der Waals surface area contributed by atoms with Crippen LogP contribution in [0.25, 0.3) is 0 Å². The number of nitrogens with zero attached hydrogens (tertiary/aromatic N) is 1. The minimum absolute atomic E-state index is 0.146. The predicted octanol–water partition coefficient (Wildman–Crippen LogP) is 1.35. The molecule has 2 atom stereocenters. The Morgan fingerprint density at radius 2 is 2.27 bits per heavy atom. The van der Waals surface area contributed by atoms with Gasteiger partial charge in [-0.25, -0.2) is 0 Å². The Bertz CT molecular complexity index is 162. The van der Waals surface area contributed by atoms with Gasteiger partial charge >= 0.3 is 0 Å². The molecule has 2 unspecified atom stereocenters. The first-order valence-electron chi connectivity index (χ1n) is 6.38. The van der Waals surface area contributed by atoms with Gasteiger partial charge in [0.05, 0.1) is 0 Å². The molecule has 1 aliphatic rings. The summed E-state index contributed by atoms with van der Waals surface area (Å²) in [5, 5.41) is 8.84. The monoisotopic (exact) mass is 214 g/mol. The normalized spacial score (nSPS) is 25.4. The van der Waals surface area contributed by atoms with Crippen molar-refractivity contribution in [2.45, 2.75) is 57.5 Å². The van der Waals surface area contributed by atoms with Crippen LogP contribution in [-0.4, -0.2) is 41.8 Å². The van der Waals surface area contributed by atoms with Gasteiger partial charge in [-0.05, 0) is 32.2 Å². The third-order valence-corrected chi connectivity index (χ3v) is 3.34. The van der Waals surface area contributed by atoms with Crippen LogP contribution in [0.4, 0.5) is 0 Å². The summed E-state index contributed by atoms with van der Waals surface area (Å²) in [6.45, 7) is 4.63. The maximum atomic E-state index is 8.84. The standard InChI is InChI=1S/C12H26N2O/c1-2-5-12-6-3-4-8-14(12)10-11(13)7-9-15/h11-12,15H,2-10,13H2,1H3. The Labute approximate surface area is 93.6 Å². The Balaban J connectivity index is 2.34. The number of aliphatic hydroxyl groups is 1. The van der Waals surface area contributed by atoms with Crippen molar-refractivity contribution in [3.63, 3.8) is 0 Å². The zero-order valence-corrected chi connectivity index (χ0v) is 9.99. The van der Waals surface area contributed by atoms with Crippen LogP contribution in [0.3, 0.4) is 0 Å². The molecule has 0 aliphatic carbocycles. The van der Waals surface area contributed by atoms with Crippen molar-refractivity contribution in [3.8, 4) is 0 Å². The smallest absolute Gasteiger partial charge is 0.0446 e. The van der Waals surface area contributed by atoms with Gasteiger partial charge in [0.25, 0.3) is 0 Å². The molecule has 1 saturated heterocycles. The molecule has 15 heavy (non-hydrogen) atoms. The SMILES string of the molecule is CCCC1CCCCN1CC(N)CCO. The number of piperidine rings is 1. The van der Waals surface area contributed by atoms with Crippen molar-refractivity contribution < 1.29 is 5.11 Å². The Kier molecular flexibility index (Phi) is 6.22. The lowest BCUT2D eigenvalue weighted by Gasteiger charge is -2.37. The summed E-state index contributed by atoms with van der Waals surface area (Å²) in [6, 6.07) is 0.890. The maximum absolute atomic E-state index is 8.84. The van der Waals surface area contributed by atoms with Gasteiger partial charge in [0.2, 0.25) is 0 Å². The molecule has 0 bridgehead atoms. The quantitative estimate of drug-likeness (QED) is 0.702. The van der Waals surface area contributed by atoms with Gasteiger partial charge < -0.3 is 10.8 Å².